The van der Waals surface area contributed by atoms with Gasteiger partial charge in [-0.1, -0.05) is 111 Å². The number of phenols is 2. The smallest absolute Gasteiger partial charge is 0.316 e. The number of halogens is 4. The van der Waals surface area contributed by atoms with Gasteiger partial charge < -0.3 is 24.4 Å². The lowest BCUT2D eigenvalue weighted by atomic mass is 10.0. The molecule has 27 heteroatoms. The molecule has 7 N–H and O–H groups in total. The fraction of sp³-hybridized carbons (Fsp3) is 0.327. The number of carbonyl (C=O) groups excluding carboxylic acids is 2. The van der Waals surface area contributed by atoms with Crippen LogP contribution in [0.1, 0.15) is 88.7 Å². The van der Waals surface area contributed by atoms with Gasteiger partial charge in [0.2, 0.25) is 6.04 Å². The number of aryl methyl sites for hydroxylation is 2. The molecule has 0 aromatic heterocycles. The van der Waals surface area contributed by atoms with E-state index in [0.717, 1.165) is 43.2 Å². The monoisotopic (exact) mass is 1180 g/mol. The zero-order valence-corrected chi connectivity index (χ0v) is 46.4. The predicted molar refractivity (Wildman–Crippen MR) is 293 cm³/mol. The van der Waals surface area contributed by atoms with E-state index in [-0.39, 0.29) is 65.7 Å². The lowest BCUT2D eigenvalue weighted by molar-refractivity contribution is -0.123. The number of carbonyl (C=O) groups is 2. The lowest BCUT2D eigenvalue weighted by Gasteiger charge is -2.20. The van der Waals surface area contributed by atoms with Crippen LogP contribution in [0.3, 0.4) is 0 Å². The van der Waals surface area contributed by atoms with E-state index >= 15 is 0 Å². The molecule has 1 aliphatic rings. The van der Waals surface area contributed by atoms with Crippen LogP contribution in [0.15, 0.2) is 104 Å². The van der Waals surface area contributed by atoms with Gasteiger partial charge in [-0.3, -0.25) is 28.8 Å². The Kier molecular flexibility index (Phi) is 20.8. The number of benzene rings is 5. The summed E-state index contributed by atoms with van der Waals surface area (Å²) in [5.74, 6) is -2.17. The Hall–Kier alpha value is -5.76. The molecule has 3 unspecified atom stereocenters. The van der Waals surface area contributed by atoms with Crippen molar-refractivity contribution in [2.75, 3.05) is 15.0 Å². The number of nitrogens with one attached hydrogen (secondary N) is 3. The van der Waals surface area contributed by atoms with E-state index in [9.17, 15) is 50.0 Å². The Bertz CT molecular complexity index is 3220. The zero-order valence-electron chi connectivity index (χ0n) is 40.9. The Balaban J connectivity index is 1.24. The summed E-state index contributed by atoms with van der Waals surface area (Å²) < 4.78 is 92.7. The maximum absolute atomic E-state index is 14.3. The van der Waals surface area contributed by atoms with E-state index in [1.165, 1.54) is 75.4 Å². The van der Waals surface area contributed by atoms with Gasteiger partial charge in [0, 0.05) is 28.9 Å². The van der Waals surface area contributed by atoms with Crippen molar-refractivity contribution in [3.63, 3.8) is 0 Å². The topological polar surface area (TPSA) is 295 Å². The van der Waals surface area contributed by atoms with Crippen LogP contribution in [0.2, 0.25) is 20.1 Å². The number of hydrazine groups is 1. The number of hydrogen-bond acceptors (Lipinski definition) is 14. The van der Waals surface area contributed by atoms with Crippen molar-refractivity contribution in [2.24, 2.45) is 15.2 Å². The number of nitrogens with zero attached hydrogens (tertiary/aromatic N) is 4. The van der Waals surface area contributed by atoms with Crippen LogP contribution in [-0.4, -0.2) is 70.2 Å². The average molecular weight is 1190 g/mol. The van der Waals surface area contributed by atoms with Gasteiger partial charge in [0.15, 0.2) is 11.9 Å². The van der Waals surface area contributed by atoms with Crippen molar-refractivity contribution in [1.29, 1.82) is 0 Å². The molecular formula is C49H53Cl4N7O13S3. The second kappa shape index (κ2) is 26.5. The third-order valence-corrected chi connectivity index (χ3v) is 15.1. The number of unbranched alkanes of at least 4 members (excludes halogenated alkanes) is 9. The molecule has 1 aliphatic heterocycles. The number of ether oxygens (including phenoxy) is 1. The summed E-state index contributed by atoms with van der Waals surface area (Å²) in [6.07, 6.45) is 10.5. The number of phenolic OH excluding ortho intramolecular Hbond substituents is 2. The highest BCUT2D eigenvalue weighted by atomic mass is 35.5. The number of azo groups is 1. The van der Waals surface area contributed by atoms with E-state index in [1.54, 1.807) is 25.1 Å². The number of anilines is 3. The second-order valence-electron chi connectivity index (χ2n) is 17.5. The Morgan fingerprint density at radius 3 is 1.97 bits per heavy atom. The molecule has 1 saturated heterocycles. The van der Waals surface area contributed by atoms with Gasteiger partial charge in [-0.25, -0.2) is 10.0 Å². The molecule has 1 heterocycles. The van der Waals surface area contributed by atoms with E-state index in [4.69, 9.17) is 55.3 Å². The van der Waals surface area contributed by atoms with Gasteiger partial charge in [0.25, 0.3) is 32.1 Å². The van der Waals surface area contributed by atoms with Crippen LogP contribution >= 0.6 is 46.4 Å². The lowest BCUT2D eigenvalue weighted by Crippen LogP contribution is -2.36. The van der Waals surface area contributed by atoms with Crippen molar-refractivity contribution in [3.8, 4) is 23.0 Å². The number of rotatable bonds is 25. The highest BCUT2D eigenvalue weighted by molar-refractivity contribution is 7.86. The van der Waals surface area contributed by atoms with Crippen molar-refractivity contribution in [3.05, 3.63) is 110 Å². The predicted octanol–water partition coefficient (Wildman–Crippen LogP) is 12.3. The molecule has 408 valence electrons. The molecule has 5 aromatic carbocycles. The van der Waals surface area contributed by atoms with Crippen LogP contribution in [0.4, 0.5) is 28.4 Å². The van der Waals surface area contributed by atoms with Crippen molar-refractivity contribution >= 4 is 124 Å². The molecule has 6 rings (SSSR count). The normalized spacial score (nSPS) is 15.2. The van der Waals surface area contributed by atoms with Gasteiger partial charge in [0.1, 0.15) is 34.4 Å². The van der Waals surface area contributed by atoms with Gasteiger partial charge in [0.05, 0.1) is 36.2 Å². The molecule has 76 heavy (non-hydrogen) atoms. The van der Waals surface area contributed by atoms with Crippen molar-refractivity contribution in [1.82, 2.24) is 5.43 Å². The molecule has 1 fully saturated rings. The molecule has 2 amide bonds. The summed E-state index contributed by atoms with van der Waals surface area (Å²) in [6, 6.07) is 14.5. The van der Waals surface area contributed by atoms with Gasteiger partial charge in [-0.05, 0) is 98.5 Å². The highest BCUT2D eigenvalue weighted by Crippen LogP contribution is 2.40. The minimum absolute atomic E-state index is 0.0178. The summed E-state index contributed by atoms with van der Waals surface area (Å²) in [5, 5.41) is 33.6. The summed E-state index contributed by atoms with van der Waals surface area (Å²) in [6.45, 7) is 5.40. The quantitative estimate of drug-likeness (QED) is 0.0162. The number of aliphatic imine (C=N–C) groups is 1. The largest absolute Gasteiger partial charge is 0.508 e. The Morgan fingerprint density at radius 2 is 1.37 bits per heavy atom. The van der Waals surface area contributed by atoms with Gasteiger partial charge in [-0.15, -0.1) is 0 Å². The van der Waals surface area contributed by atoms with E-state index in [1.807, 2.05) is 0 Å². The SMILES string of the molecule is CCCCCCCCCCCCC(Oc1ccc(O)c(C)c1)C(=O)Nc1ccc(Cl)c(N=C2NN(c3c(Cl)cc(Cl)cc3Cl)C(=O)C2N=Nc2cc(C)c(NS(=O)Oc3cc(S(=O)(=O)O)cc(S(=O)(=O)O)c3)cc2O)c1. The number of aromatic hydroxyl groups is 2. The van der Waals surface area contributed by atoms with Crippen molar-refractivity contribution < 1.29 is 58.9 Å². The van der Waals surface area contributed by atoms with Crippen LogP contribution in [0.25, 0.3) is 0 Å². The molecule has 0 saturated carbocycles. The average Bonchev–Trinajstić information content (AvgIpc) is 3.63. The fourth-order valence-electron chi connectivity index (χ4n) is 7.61. The molecule has 3 atom stereocenters. The van der Waals surface area contributed by atoms with Crippen LogP contribution in [-0.2, 0) is 41.1 Å². The Labute approximate surface area is 462 Å². The van der Waals surface area contributed by atoms with Crippen LogP contribution < -0.4 is 29.4 Å². The second-order valence-corrected chi connectivity index (χ2v) is 22.8. The van der Waals surface area contributed by atoms with Crippen LogP contribution in [0.5, 0.6) is 23.0 Å². The highest BCUT2D eigenvalue weighted by Gasteiger charge is 2.41. The fourth-order valence-corrected chi connectivity index (χ4v) is 10.6. The molecule has 5 aromatic rings. The summed E-state index contributed by atoms with van der Waals surface area (Å²) in [4.78, 5) is 30.9. The maximum Gasteiger partial charge on any atom is 0.316 e. The minimum atomic E-state index is -5.01. The number of amidine groups is 1. The number of amides is 2. The molecule has 0 aliphatic carbocycles. The Morgan fingerprint density at radius 1 is 0.750 bits per heavy atom. The van der Waals surface area contributed by atoms with E-state index in [2.05, 4.69) is 37.6 Å². The summed E-state index contributed by atoms with van der Waals surface area (Å²) >= 11 is 23.3. The summed E-state index contributed by atoms with van der Waals surface area (Å²) in [5.41, 5.74) is 3.75. The summed E-state index contributed by atoms with van der Waals surface area (Å²) in [7, 11) is -10.0. The standard InChI is InChI=1S/C49H53Cl4N7O13S3/c1-4-5-6-7-8-9-10-11-12-13-14-44(72-32-16-18-42(61)29(3)19-32)48(63)54-31-15-17-36(51)40(23-31)55-47-45(49(64)60(58-47)46-37(52)21-30(50)22-38(46)53)57-56-41-20-28(2)39(27-43(41)62)59-74(65)73-33-24-34(75(66,67)68)26-35(25-33)76(69,70)71/h15-27,44-45,59,61-62H,4-14H2,1-3H3,(H,54,63)(H,55,58)(H,66,67,68)(H,69,70,71). The molecule has 0 radical (unpaired) electrons. The first-order valence-electron chi connectivity index (χ1n) is 23.5. The maximum atomic E-state index is 14.3. The third kappa shape index (κ3) is 16.4. The van der Waals surface area contributed by atoms with Gasteiger partial charge >= 0.3 is 11.3 Å². The first-order chi connectivity index (χ1) is 35.9. The van der Waals surface area contributed by atoms with E-state index in [0.29, 0.717) is 35.9 Å². The first-order valence-corrected chi connectivity index (χ1v) is 29.0. The van der Waals surface area contributed by atoms with Crippen LogP contribution in [0, 0.1) is 13.8 Å². The molecule has 0 bridgehead atoms. The molecular weight excluding hydrogens is 1130 g/mol. The molecule has 20 nitrogen and oxygen atoms in total. The number of hydrogen-bond donors (Lipinski definition) is 7. The zero-order chi connectivity index (χ0) is 55.5. The first kappa shape index (κ1) is 59.5. The third-order valence-electron chi connectivity index (χ3n) is 11.6. The van der Waals surface area contributed by atoms with Gasteiger partial charge in [-0.2, -0.15) is 31.3 Å². The minimum Gasteiger partial charge on any atom is -0.508 e. The van der Waals surface area contributed by atoms with E-state index < -0.39 is 76.8 Å². The van der Waals surface area contributed by atoms with Crippen molar-refractivity contribution in [2.45, 2.75) is 113 Å². The molecule has 0 spiro atoms.